The molecule has 0 aromatic carbocycles. The number of thiophene rings is 1. The second-order valence-electron chi connectivity index (χ2n) is 4.63. The molecular weight excluding hydrogens is 274 g/mol. The van der Waals surface area contributed by atoms with Gasteiger partial charge in [-0.3, -0.25) is 0 Å². The number of nitrogens with one attached hydrogen (secondary N) is 1. The Labute approximate surface area is 121 Å². The number of anilines is 2. The third-order valence-corrected chi connectivity index (χ3v) is 4.02. The van der Waals surface area contributed by atoms with Crippen LogP contribution in [0.1, 0.15) is 17.7 Å². The number of rotatable bonds is 6. The van der Waals surface area contributed by atoms with Crippen LogP contribution in [-0.4, -0.2) is 35.2 Å². The SMILES string of the molecule is CNc1nc(OC)nc(N(Cc2cccs2)C2CC2)n1. The summed E-state index contributed by atoms with van der Waals surface area (Å²) >= 11 is 1.75. The molecule has 1 aliphatic rings. The maximum absolute atomic E-state index is 5.16. The van der Waals surface area contributed by atoms with Gasteiger partial charge in [-0.15, -0.1) is 11.3 Å². The minimum atomic E-state index is 0.344. The Hall–Kier alpha value is -1.89. The lowest BCUT2D eigenvalue weighted by atomic mass is 10.4. The van der Waals surface area contributed by atoms with Crippen LogP contribution in [0, 0.1) is 0 Å². The van der Waals surface area contributed by atoms with E-state index in [-0.39, 0.29) is 0 Å². The molecule has 1 N–H and O–H groups in total. The predicted molar refractivity (Wildman–Crippen MR) is 79.4 cm³/mol. The van der Waals surface area contributed by atoms with Gasteiger partial charge < -0.3 is 15.0 Å². The first-order valence-electron chi connectivity index (χ1n) is 6.57. The molecule has 20 heavy (non-hydrogen) atoms. The molecule has 2 aromatic rings. The van der Waals surface area contributed by atoms with E-state index < -0.39 is 0 Å². The Morgan fingerprint density at radius 1 is 1.40 bits per heavy atom. The highest BCUT2D eigenvalue weighted by molar-refractivity contribution is 7.09. The topological polar surface area (TPSA) is 63.2 Å². The molecule has 7 heteroatoms. The molecule has 0 atom stereocenters. The number of ether oxygens (including phenoxy) is 1. The van der Waals surface area contributed by atoms with E-state index in [2.05, 4.69) is 42.7 Å². The van der Waals surface area contributed by atoms with Crippen molar-refractivity contribution in [1.82, 2.24) is 15.0 Å². The number of methoxy groups -OCH3 is 1. The summed E-state index contributed by atoms with van der Waals surface area (Å²) in [6.07, 6.45) is 2.38. The molecular formula is C13H17N5OS. The Balaban J connectivity index is 1.90. The summed E-state index contributed by atoms with van der Waals surface area (Å²) in [5.41, 5.74) is 0. The van der Waals surface area contributed by atoms with Crippen LogP contribution >= 0.6 is 11.3 Å². The first kappa shape index (κ1) is 13.1. The Morgan fingerprint density at radius 2 is 2.25 bits per heavy atom. The molecule has 2 aromatic heterocycles. The molecule has 6 nitrogen and oxygen atoms in total. The minimum absolute atomic E-state index is 0.344. The minimum Gasteiger partial charge on any atom is -0.467 e. The van der Waals surface area contributed by atoms with Crippen LogP contribution in [0.25, 0.3) is 0 Å². The van der Waals surface area contributed by atoms with Crippen LogP contribution < -0.4 is 15.0 Å². The quantitative estimate of drug-likeness (QED) is 0.880. The summed E-state index contributed by atoms with van der Waals surface area (Å²) < 4.78 is 5.16. The lowest BCUT2D eigenvalue weighted by Gasteiger charge is -2.22. The smallest absolute Gasteiger partial charge is 0.322 e. The van der Waals surface area contributed by atoms with Crippen molar-refractivity contribution < 1.29 is 4.74 Å². The third kappa shape index (κ3) is 2.82. The number of hydrogen-bond donors (Lipinski definition) is 1. The monoisotopic (exact) mass is 291 g/mol. The van der Waals surface area contributed by atoms with Gasteiger partial charge in [-0.05, 0) is 24.3 Å². The summed E-state index contributed by atoms with van der Waals surface area (Å²) in [5, 5.41) is 5.04. The maximum Gasteiger partial charge on any atom is 0.322 e. The zero-order valence-corrected chi connectivity index (χ0v) is 12.4. The second kappa shape index (κ2) is 5.62. The van der Waals surface area contributed by atoms with Gasteiger partial charge in [0.05, 0.1) is 13.7 Å². The van der Waals surface area contributed by atoms with Gasteiger partial charge in [0, 0.05) is 18.0 Å². The van der Waals surface area contributed by atoms with Gasteiger partial charge in [0.25, 0.3) is 0 Å². The van der Waals surface area contributed by atoms with E-state index in [0.717, 1.165) is 6.54 Å². The average Bonchev–Trinajstić information content (AvgIpc) is 3.20. The van der Waals surface area contributed by atoms with Crippen LogP contribution in [0.3, 0.4) is 0 Å². The molecule has 106 valence electrons. The fourth-order valence-electron chi connectivity index (χ4n) is 2.00. The zero-order valence-electron chi connectivity index (χ0n) is 11.5. The number of aromatic nitrogens is 3. The number of nitrogens with zero attached hydrogens (tertiary/aromatic N) is 4. The van der Waals surface area contributed by atoms with Crippen LogP contribution in [0.4, 0.5) is 11.9 Å². The van der Waals surface area contributed by atoms with Gasteiger partial charge >= 0.3 is 6.01 Å². The van der Waals surface area contributed by atoms with Gasteiger partial charge in [-0.1, -0.05) is 6.07 Å². The molecule has 0 saturated heterocycles. The second-order valence-corrected chi connectivity index (χ2v) is 5.67. The lowest BCUT2D eigenvalue weighted by Crippen LogP contribution is -2.27. The van der Waals surface area contributed by atoms with Gasteiger partial charge in [-0.2, -0.15) is 15.0 Å². The maximum atomic E-state index is 5.16. The predicted octanol–water partition coefficient (Wildman–Crippen LogP) is 2.15. The molecule has 1 saturated carbocycles. The summed E-state index contributed by atoms with van der Waals surface area (Å²) in [6.45, 7) is 0.832. The van der Waals surface area contributed by atoms with Gasteiger partial charge in [0.1, 0.15) is 0 Å². The van der Waals surface area contributed by atoms with Crippen LogP contribution in [-0.2, 0) is 6.54 Å². The molecule has 1 aliphatic carbocycles. The van der Waals surface area contributed by atoms with E-state index in [1.54, 1.807) is 25.5 Å². The number of hydrogen-bond acceptors (Lipinski definition) is 7. The summed E-state index contributed by atoms with van der Waals surface area (Å²) in [7, 11) is 3.36. The third-order valence-electron chi connectivity index (χ3n) is 3.16. The zero-order chi connectivity index (χ0) is 13.9. The molecule has 2 heterocycles. The van der Waals surface area contributed by atoms with Gasteiger partial charge in [-0.25, -0.2) is 0 Å². The molecule has 0 aliphatic heterocycles. The molecule has 1 fully saturated rings. The first-order chi connectivity index (χ1) is 9.80. The van der Waals surface area contributed by atoms with E-state index in [1.165, 1.54) is 17.7 Å². The van der Waals surface area contributed by atoms with E-state index in [0.29, 0.717) is 23.9 Å². The molecule has 0 bridgehead atoms. The largest absolute Gasteiger partial charge is 0.467 e. The van der Waals surface area contributed by atoms with Crippen molar-refractivity contribution in [2.45, 2.75) is 25.4 Å². The normalized spacial score (nSPS) is 14.1. The molecule has 0 amide bonds. The standard InChI is InChI=1S/C13H17N5OS/c1-14-11-15-12(17-13(16-11)19-2)18(9-5-6-9)8-10-4-3-7-20-10/h3-4,7,9H,5-6,8H2,1-2H3,(H,14,15,16,17). The lowest BCUT2D eigenvalue weighted by molar-refractivity contribution is 0.378. The molecule has 0 radical (unpaired) electrons. The van der Waals surface area contributed by atoms with Crippen molar-refractivity contribution in [3.63, 3.8) is 0 Å². The van der Waals surface area contributed by atoms with Crippen LogP contribution in [0.5, 0.6) is 6.01 Å². The molecule has 0 unspecified atom stereocenters. The summed E-state index contributed by atoms with van der Waals surface area (Å²) in [4.78, 5) is 16.5. The summed E-state index contributed by atoms with van der Waals surface area (Å²) in [6, 6.07) is 5.07. The average molecular weight is 291 g/mol. The highest BCUT2D eigenvalue weighted by atomic mass is 32.1. The molecule has 0 spiro atoms. The highest BCUT2D eigenvalue weighted by Gasteiger charge is 2.31. The highest BCUT2D eigenvalue weighted by Crippen LogP contribution is 2.32. The van der Waals surface area contributed by atoms with E-state index >= 15 is 0 Å². The fraction of sp³-hybridized carbons (Fsp3) is 0.462. The van der Waals surface area contributed by atoms with Crippen molar-refractivity contribution in [2.24, 2.45) is 0 Å². The van der Waals surface area contributed by atoms with Crippen molar-refractivity contribution in [2.75, 3.05) is 24.4 Å². The van der Waals surface area contributed by atoms with Gasteiger partial charge in [0.2, 0.25) is 11.9 Å². The van der Waals surface area contributed by atoms with E-state index in [4.69, 9.17) is 4.74 Å². The van der Waals surface area contributed by atoms with Crippen molar-refractivity contribution >= 4 is 23.2 Å². The van der Waals surface area contributed by atoms with Crippen molar-refractivity contribution in [1.29, 1.82) is 0 Å². The Bertz CT molecular complexity index is 548. The van der Waals surface area contributed by atoms with E-state index in [1.807, 2.05) is 0 Å². The molecule has 3 rings (SSSR count). The Morgan fingerprint density at radius 3 is 2.85 bits per heavy atom. The van der Waals surface area contributed by atoms with E-state index in [9.17, 15) is 0 Å². The fourth-order valence-corrected chi connectivity index (χ4v) is 2.70. The van der Waals surface area contributed by atoms with Crippen molar-refractivity contribution in [3.8, 4) is 6.01 Å². The van der Waals surface area contributed by atoms with Crippen molar-refractivity contribution in [3.05, 3.63) is 22.4 Å². The Kier molecular flexibility index (Phi) is 3.68. The van der Waals surface area contributed by atoms with Crippen LogP contribution in [0.2, 0.25) is 0 Å². The first-order valence-corrected chi connectivity index (χ1v) is 7.45. The summed E-state index contributed by atoms with van der Waals surface area (Å²) in [5.74, 6) is 1.21. The van der Waals surface area contributed by atoms with Gasteiger partial charge in [0.15, 0.2) is 0 Å². The van der Waals surface area contributed by atoms with Crippen LogP contribution in [0.15, 0.2) is 17.5 Å².